The first-order valence-electron chi connectivity index (χ1n) is 9.39. The number of aromatic amines is 1. The minimum Gasteiger partial charge on any atom is -0.478 e. The molecule has 0 saturated carbocycles. The van der Waals surface area contributed by atoms with Gasteiger partial charge in [0, 0.05) is 49.0 Å². The number of carbonyl (C=O) groups is 1. The van der Waals surface area contributed by atoms with Crippen molar-refractivity contribution in [2.24, 2.45) is 0 Å². The summed E-state index contributed by atoms with van der Waals surface area (Å²) >= 11 is 6.05. The average molecular weight is 416 g/mol. The number of amides is 1. The molecule has 1 saturated heterocycles. The van der Waals surface area contributed by atoms with E-state index in [0.29, 0.717) is 37.7 Å². The van der Waals surface area contributed by atoms with E-state index in [4.69, 9.17) is 21.3 Å². The summed E-state index contributed by atoms with van der Waals surface area (Å²) in [4.78, 5) is 17.2. The minimum absolute atomic E-state index is 0.213. The first-order chi connectivity index (χ1) is 14.0. The van der Waals surface area contributed by atoms with E-state index in [1.807, 2.05) is 37.3 Å². The van der Waals surface area contributed by atoms with Crippen LogP contribution in [0.4, 0.5) is 5.69 Å². The Balaban J connectivity index is 1.61. The number of benzene rings is 1. The number of rotatable bonds is 6. The zero-order valence-electron chi connectivity index (χ0n) is 16.2. The van der Waals surface area contributed by atoms with Gasteiger partial charge in [0.2, 0.25) is 5.88 Å². The van der Waals surface area contributed by atoms with E-state index < -0.39 is 5.60 Å². The molecule has 0 bridgehead atoms. The fourth-order valence-corrected chi connectivity index (χ4v) is 3.77. The van der Waals surface area contributed by atoms with Crippen LogP contribution in [0.15, 0.2) is 36.5 Å². The molecule has 0 unspecified atom stereocenters. The van der Waals surface area contributed by atoms with Gasteiger partial charge in [-0.1, -0.05) is 0 Å². The number of carbonyl (C=O) groups excluding carboxylic acids is 1. The fraction of sp³-hybridized carbons (Fsp3) is 0.350. The maximum atomic E-state index is 12.9. The molecular formula is C20H22ClN5O3. The number of nitrogens with zero attached hydrogens (tertiary/aromatic N) is 3. The summed E-state index contributed by atoms with van der Waals surface area (Å²) in [6.45, 7) is 3.41. The van der Waals surface area contributed by atoms with E-state index in [1.54, 1.807) is 10.6 Å². The number of H-pyrrole nitrogens is 1. The molecule has 1 aliphatic rings. The molecule has 1 aromatic carbocycles. The zero-order chi connectivity index (χ0) is 20.4. The fourth-order valence-electron chi connectivity index (χ4n) is 3.49. The molecular weight excluding hydrogens is 394 g/mol. The highest BCUT2D eigenvalue weighted by atomic mass is 35.5. The van der Waals surface area contributed by atoms with Crippen molar-refractivity contribution in [2.45, 2.75) is 18.9 Å². The lowest BCUT2D eigenvalue weighted by Gasteiger charge is -2.25. The lowest BCUT2D eigenvalue weighted by Crippen LogP contribution is -2.46. The lowest BCUT2D eigenvalue weighted by molar-refractivity contribution is -0.135. The Bertz CT molecular complexity index is 1020. The maximum Gasteiger partial charge on any atom is 0.258 e. The minimum atomic E-state index is -0.949. The van der Waals surface area contributed by atoms with Gasteiger partial charge in [-0.15, -0.1) is 0 Å². The Morgan fingerprint density at radius 1 is 1.38 bits per heavy atom. The van der Waals surface area contributed by atoms with Gasteiger partial charge in [0.05, 0.1) is 18.7 Å². The van der Waals surface area contributed by atoms with Gasteiger partial charge in [-0.25, -0.2) is 9.40 Å². The van der Waals surface area contributed by atoms with E-state index in [0.717, 1.165) is 22.2 Å². The van der Waals surface area contributed by atoms with Crippen LogP contribution < -0.4 is 10.1 Å². The predicted octanol–water partition coefficient (Wildman–Crippen LogP) is 3.21. The van der Waals surface area contributed by atoms with Crippen LogP contribution in [0, 0.1) is 0 Å². The Labute approximate surface area is 173 Å². The number of pyridine rings is 1. The molecule has 4 rings (SSSR count). The van der Waals surface area contributed by atoms with Gasteiger partial charge in [0.1, 0.15) is 5.69 Å². The molecule has 1 amide bonds. The maximum absolute atomic E-state index is 12.9. The van der Waals surface area contributed by atoms with Crippen LogP contribution in [0.25, 0.3) is 22.2 Å². The van der Waals surface area contributed by atoms with Crippen LogP contribution in [0.3, 0.4) is 0 Å². The quantitative estimate of drug-likeness (QED) is 0.600. The summed E-state index contributed by atoms with van der Waals surface area (Å²) in [6, 6.07) is 9.32. The first-order valence-corrected chi connectivity index (χ1v) is 9.73. The van der Waals surface area contributed by atoms with Gasteiger partial charge in [-0.2, -0.15) is 5.10 Å². The average Bonchev–Trinajstić information content (AvgIpc) is 3.33. The molecule has 0 spiro atoms. The molecule has 2 aromatic heterocycles. The van der Waals surface area contributed by atoms with E-state index in [-0.39, 0.29) is 5.91 Å². The van der Waals surface area contributed by atoms with Crippen molar-refractivity contribution < 1.29 is 14.3 Å². The summed E-state index contributed by atoms with van der Waals surface area (Å²) in [5.74, 6) is 0.356. The lowest BCUT2D eigenvalue weighted by atomic mass is 10.0. The van der Waals surface area contributed by atoms with Crippen LogP contribution >= 0.6 is 11.8 Å². The van der Waals surface area contributed by atoms with Gasteiger partial charge in [0.25, 0.3) is 5.91 Å². The van der Waals surface area contributed by atoms with Crippen molar-refractivity contribution in [1.29, 1.82) is 0 Å². The summed E-state index contributed by atoms with van der Waals surface area (Å²) < 4.78 is 12.5. The zero-order valence-corrected chi connectivity index (χ0v) is 17.0. The van der Waals surface area contributed by atoms with Crippen LogP contribution in [0.1, 0.15) is 13.3 Å². The third kappa shape index (κ3) is 3.78. The van der Waals surface area contributed by atoms with Gasteiger partial charge in [-0.3, -0.25) is 9.89 Å². The molecule has 2 N–H and O–H groups in total. The van der Waals surface area contributed by atoms with Crippen molar-refractivity contribution in [3.63, 3.8) is 0 Å². The smallest absolute Gasteiger partial charge is 0.258 e. The number of aromatic nitrogens is 3. The van der Waals surface area contributed by atoms with Crippen molar-refractivity contribution >= 4 is 34.3 Å². The van der Waals surface area contributed by atoms with Gasteiger partial charge in [0.15, 0.2) is 5.60 Å². The Morgan fingerprint density at radius 2 is 2.24 bits per heavy atom. The van der Waals surface area contributed by atoms with E-state index >= 15 is 0 Å². The van der Waals surface area contributed by atoms with Crippen LogP contribution in [-0.4, -0.2) is 57.9 Å². The third-order valence-corrected chi connectivity index (χ3v) is 5.40. The standard InChI is InChI=1S/C20H22ClN5O3/c1-3-29-17-7-4-13(11-22-17)18-15-10-14(5-6-16(15)24-25-18)23-19(27)20(28-2)8-9-26(21)12-20/h4-7,10-11H,3,8-9,12H2,1-2H3,(H,23,27)(H,24,25)/t20-/m0/s1. The molecule has 29 heavy (non-hydrogen) atoms. The Kier molecular flexibility index (Phi) is 5.40. The van der Waals surface area contributed by atoms with Crippen molar-refractivity contribution in [1.82, 2.24) is 19.6 Å². The Morgan fingerprint density at radius 3 is 2.90 bits per heavy atom. The molecule has 1 aliphatic heterocycles. The van der Waals surface area contributed by atoms with Gasteiger partial charge < -0.3 is 14.8 Å². The summed E-state index contributed by atoms with van der Waals surface area (Å²) in [5, 5.41) is 11.3. The van der Waals surface area contributed by atoms with Crippen molar-refractivity contribution in [2.75, 3.05) is 32.1 Å². The van der Waals surface area contributed by atoms with E-state index in [1.165, 1.54) is 7.11 Å². The van der Waals surface area contributed by atoms with Crippen molar-refractivity contribution in [3.05, 3.63) is 36.5 Å². The highest BCUT2D eigenvalue weighted by Crippen LogP contribution is 2.31. The molecule has 9 heteroatoms. The summed E-state index contributed by atoms with van der Waals surface area (Å²) in [6.07, 6.45) is 2.26. The van der Waals surface area contributed by atoms with E-state index in [9.17, 15) is 4.79 Å². The predicted molar refractivity (Wildman–Crippen MR) is 111 cm³/mol. The van der Waals surface area contributed by atoms with Crippen LogP contribution in [0.2, 0.25) is 0 Å². The second kappa shape index (κ2) is 7.98. The van der Waals surface area contributed by atoms with Crippen LogP contribution in [0.5, 0.6) is 5.88 Å². The normalized spacial score (nSPS) is 19.6. The third-order valence-electron chi connectivity index (χ3n) is 5.11. The molecule has 3 heterocycles. The molecule has 0 aliphatic carbocycles. The number of halogens is 1. The molecule has 152 valence electrons. The SMILES string of the molecule is CCOc1ccc(-c2n[nH]c3ccc(NC(=O)[C@]4(OC)CCN(Cl)C4)cc23)cn1. The van der Waals surface area contributed by atoms with Gasteiger partial charge >= 0.3 is 0 Å². The number of anilines is 1. The highest BCUT2D eigenvalue weighted by molar-refractivity contribution is 6.14. The van der Waals surface area contributed by atoms with E-state index in [2.05, 4.69) is 20.5 Å². The molecule has 8 nitrogen and oxygen atoms in total. The molecule has 0 radical (unpaired) electrons. The number of nitrogens with one attached hydrogen (secondary N) is 2. The largest absolute Gasteiger partial charge is 0.478 e. The topological polar surface area (TPSA) is 92.4 Å². The number of ether oxygens (including phenoxy) is 2. The second-order valence-corrected chi connectivity index (χ2v) is 7.38. The number of hydrogen-bond acceptors (Lipinski definition) is 6. The number of methoxy groups -OCH3 is 1. The Hall–Kier alpha value is -2.68. The number of hydrogen-bond donors (Lipinski definition) is 2. The molecule has 1 atom stereocenters. The van der Waals surface area contributed by atoms with Crippen LogP contribution in [-0.2, 0) is 9.53 Å². The molecule has 1 fully saturated rings. The first kappa shape index (κ1) is 19.6. The molecule has 3 aromatic rings. The second-order valence-electron chi connectivity index (χ2n) is 6.90. The summed E-state index contributed by atoms with van der Waals surface area (Å²) in [5.41, 5.74) is 2.18. The van der Waals surface area contributed by atoms with Gasteiger partial charge in [-0.05, 0) is 43.0 Å². The summed E-state index contributed by atoms with van der Waals surface area (Å²) in [7, 11) is 1.53. The monoisotopic (exact) mass is 415 g/mol. The highest BCUT2D eigenvalue weighted by Gasteiger charge is 2.44. The number of fused-ring (bicyclic) bond motifs is 1. The van der Waals surface area contributed by atoms with Crippen molar-refractivity contribution in [3.8, 4) is 17.1 Å².